The minimum Gasteiger partial charge on any atom is -0.363 e. The van der Waals surface area contributed by atoms with E-state index in [9.17, 15) is 14.9 Å². The first-order valence-corrected chi connectivity index (χ1v) is 8.35. The SMILES string of the molecule is CN1CCN(c2ccc(C(=O)Nc3nccs3)cc2[N+](=O)[O-])CC1. The highest BCUT2D eigenvalue weighted by Crippen LogP contribution is 2.30. The van der Waals surface area contributed by atoms with Gasteiger partial charge >= 0.3 is 0 Å². The minimum atomic E-state index is -0.437. The summed E-state index contributed by atoms with van der Waals surface area (Å²) in [4.78, 5) is 31.4. The van der Waals surface area contributed by atoms with Gasteiger partial charge in [0.2, 0.25) is 0 Å². The van der Waals surface area contributed by atoms with Crippen LogP contribution in [0.5, 0.6) is 0 Å². The Labute approximate surface area is 142 Å². The van der Waals surface area contributed by atoms with Crippen LogP contribution in [-0.4, -0.2) is 53.9 Å². The number of hydrogen-bond donors (Lipinski definition) is 1. The van der Waals surface area contributed by atoms with E-state index in [-0.39, 0.29) is 11.3 Å². The van der Waals surface area contributed by atoms with Crippen LogP contribution in [-0.2, 0) is 0 Å². The van der Waals surface area contributed by atoms with Crippen molar-refractivity contribution in [1.29, 1.82) is 0 Å². The summed E-state index contributed by atoms with van der Waals surface area (Å²) in [6, 6.07) is 4.60. The quantitative estimate of drug-likeness (QED) is 0.672. The molecule has 0 unspecified atom stereocenters. The molecular weight excluding hydrogens is 330 g/mol. The summed E-state index contributed by atoms with van der Waals surface area (Å²) in [5.74, 6) is -0.405. The molecule has 1 aromatic carbocycles. The van der Waals surface area contributed by atoms with E-state index in [0.717, 1.165) is 26.2 Å². The molecule has 0 spiro atoms. The summed E-state index contributed by atoms with van der Waals surface area (Å²) in [5, 5.41) is 16.3. The highest BCUT2D eigenvalue weighted by Gasteiger charge is 2.24. The van der Waals surface area contributed by atoms with E-state index in [0.29, 0.717) is 10.8 Å². The number of nitro benzene ring substituents is 1. The lowest BCUT2D eigenvalue weighted by atomic mass is 10.1. The number of hydrogen-bond acceptors (Lipinski definition) is 7. The molecule has 0 atom stereocenters. The van der Waals surface area contributed by atoms with E-state index in [2.05, 4.69) is 15.2 Å². The van der Waals surface area contributed by atoms with Crippen LogP contribution in [0.4, 0.5) is 16.5 Å². The van der Waals surface area contributed by atoms with Crippen molar-refractivity contribution in [2.75, 3.05) is 43.4 Å². The molecular formula is C15H17N5O3S. The molecule has 126 valence electrons. The summed E-state index contributed by atoms with van der Waals surface area (Å²) < 4.78 is 0. The van der Waals surface area contributed by atoms with Crippen LogP contribution in [0.25, 0.3) is 0 Å². The third kappa shape index (κ3) is 3.52. The number of carbonyl (C=O) groups excluding carboxylic acids is 1. The maximum absolute atomic E-state index is 12.2. The number of rotatable bonds is 4. The third-order valence-electron chi connectivity index (χ3n) is 3.93. The first-order valence-electron chi connectivity index (χ1n) is 7.47. The van der Waals surface area contributed by atoms with Crippen LogP contribution in [0.15, 0.2) is 29.8 Å². The lowest BCUT2D eigenvalue weighted by molar-refractivity contribution is -0.384. The number of thiazole rings is 1. The molecule has 1 aliphatic heterocycles. The van der Waals surface area contributed by atoms with Gasteiger partial charge in [0.1, 0.15) is 5.69 Å². The van der Waals surface area contributed by atoms with Crippen molar-refractivity contribution in [3.63, 3.8) is 0 Å². The Hall–Kier alpha value is -2.52. The van der Waals surface area contributed by atoms with Crippen molar-refractivity contribution in [2.45, 2.75) is 0 Å². The Bertz CT molecular complexity index is 742. The molecule has 0 saturated carbocycles. The van der Waals surface area contributed by atoms with Gasteiger partial charge in [-0.1, -0.05) is 0 Å². The number of nitrogens with zero attached hydrogens (tertiary/aromatic N) is 4. The van der Waals surface area contributed by atoms with Gasteiger partial charge < -0.3 is 9.80 Å². The first-order chi connectivity index (χ1) is 11.5. The summed E-state index contributed by atoms with van der Waals surface area (Å²) in [7, 11) is 2.03. The fourth-order valence-corrected chi connectivity index (χ4v) is 3.10. The second-order valence-electron chi connectivity index (χ2n) is 5.54. The topological polar surface area (TPSA) is 91.6 Å². The maximum Gasteiger partial charge on any atom is 0.293 e. The number of likely N-dealkylation sites (N-methyl/N-ethyl adjacent to an activating group) is 1. The molecule has 1 aliphatic rings. The molecule has 9 heteroatoms. The largest absolute Gasteiger partial charge is 0.363 e. The van der Waals surface area contributed by atoms with Gasteiger partial charge in [0.05, 0.1) is 4.92 Å². The van der Waals surface area contributed by atoms with Crippen LogP contribution in [0.1, 0.15) is 10.4 Å². The first kappa shape index (κ1) is 16.3. The van der Waals surface area contributed by atoms with Gasteiger partial charge in [0.15, 0.2) is 5.13 Å². The summed E-state index contributed by atoms with van der Waals surface area (Å²) in [6.07, 6.45) is 1.58. The number of carbonyl (C=O) groups is 1. The van der Waals surface area contributed by atoms with E-state index >= 15 is 0 Å². The van der Waals surface area contributed by atoms with Crippen LogP contribution >= 0.6 is 11.3 Å². The highest BCUT2D eigenvalue weighted by molar-refractivity contribution is 7.13. The second kappa shape index (κ2) is 6.93. The predicted octanol–water partition coefficient (Wildman–Crippen LogP) is 2.06. The number of aromatic nitrogens is 1. The van der Waals surface area contributed by atoms with Crippen LogP contribution in [0.3, 0.4) is 0 Å². The summed E-state index contributed by atoms with van der Waals surface area (Å²) in [6.45, 7) is 3.15. The zero-order valence-electron chi connectivity index (χ0n) is 13.1. The average molecular weight is 347 g/mol. The highest BCUT2D eigenvalue weighted by atomic mass is 32.1. The predicted molar refractivity (Wildman–Crippen MR) is 92.9 cm³/mol. The molecule has 2 aromatic rings. The normalized spacial score (nSPS) is 15.3. The third-order valence-corrected chi connectivity index (χ3v) is 4.62. The number of anilines is 2. The average Bonchev–Trinajstić information content (AvgIpc) is 3.08. The van der Waals surface area contributed by atoms with E-state index in [1.165, 1.54) is 17.4 Å². The number of nitro groups is 1. The smallest absolute Gasteiger partial charge is 0.293 e. The molecule has 0 bridgehead atoms. The van der Waals surface area contributed by atoms with Gasteiger partial charge in [-0.25, -0.2) is 4.98 Å². The summed E-state index contributed by atoms with van der Waals surface area (Å²) >= 11 is 1.29. The zero-order chi connectivity index (χ0) is 17.1. The van der Waals surface area contributed by atoms with E-state index in [4.69, 9.17) is 0 Å². The van der Waals surface area contributed by atoms with E-state index < -0.39 is 10.8 Å². The second-order valence-corrected chi connectivity index (χ2v) is 6.44. The van der Waals surface area contributed by atoms with Gasteiger partial charge in [0.25, 0.3) is 11.6 Å². The van der Waals surface area contributed by atoms with Crippen LogP contribution in [0, 0.1) is 10.1 Å². The monoisotopic (exact) mass is 347 g/mol. The van der Waals surface area contributed by atoms with E-state index in [1.807, 2.05) is 11.9 Å². The van der Waals surface area contributed by atoms with Gasteiger partial charge in [-0.05, 0) is 19.2 Å². The molecule has 1 saturated heterocycles. The number of nitrogens with one attached hydrogen (secondary N) is 1. The Kier molecular flexibility index (Phi) is 4.72. The molecule has 8 nitrogen and oxygen atoms in total. The van der Waals surface area contributed by atoms with Crippen molar-refractivity contribution in [3.8, 4) is 0 Å². The lowest BCUT2D eigenvalue weighted by Gasteiger charge is -2.33. The zero-order valence-corrected chi connectivity index (χ0v) is 14.0. The molecule has 3 rings (SSSR count). The molecule has 0 aliphatic carbocycles. The number of piperazine rings is 1. The summed E-state index contributed by atoms with van der Waals surface area (Å²) in [5.41, 5.74) is 0.750. The Balaban J connectivity index is 1.84. The Morgan fingerprint density at radius 1 is 1.33 bits per heavy atom. The fraction of sp³-hybridized carbons (Fsp3) is 0.333. The molecule has 1 aromatic heterocycles. The Morgan fingerprint density at radius 3 is 2.71 bits per heavy atom. The van der Waals surface area contributed by atoms with Gasteiger partial charge in [0, 0.05) is 49.4 Å². The van der Waals surface area contributed by atoms with Gasteiger partial charge in [-0.3, -0.25) is 20.2 Å². The van der Waals surface area contributed by atoms with Gasteiger partial charge in [-0.15, -0.1) is 11.3 Å². The molecule has 1 amide bonds. The molecule has 24 heavy (non-hydrogen) atoms. The minimum absolute atomic E-state index is 0.0497. The molecule has 2 heterocycles. The molecule has 1 fully saturated rings. The number of benzene rings is 1. The van der Waals surface area contributed by atoms with Crippen molar-refractivity contribution in [2.24, 2.45) is 0 Å². The van der Waals surface area contributed by atoms with Gasteiger partial charge in [-0.2, -0.15) is 0 Å². The van der Waals surface area contributed by atoms with E-state index in [1.54, 1.807) is 23.7 Å². The van der Waals surface area contributed by atoms with Crippen LogP contribution < -0.4 is 10.2 Å². The molecule has 1 N–H and O–H groups in total. The standard InChI is InChI=1S/C15H17N5O3S/c1-18-5-7-19(8-6-18)12-3-2-11(10-13(12)20(22)23)14(21)17-15-16-4-9-24-15/h2-4,9-10H,5-8H2,1H3,(H,16,17,21). The number of amides is 1. The van der Waals surface area contributed by atoms with Crippen LogP contribution in [0.2, 0.25) is 0 Å². The van der Waals surface area contributed by atoms with Crippen molar-refractivity contribution >= 4 is 33.8 Å². The van der Waals surface area contributed by atoms with Crippen molar-refractivity contribution < 1.29 is 9.72 Å². The lowest BCUT2D eigenvalue weighted by Crippen LogP contribution is -2.44. The fourth-order valence-electron chi connectivity index (χ4n) is 2.58. The van der Waals surface area contributed by atoms with Crippen molar-refractivity contribution in [1.82, 2.24) is 9.88 Å². The molecule has 0 radical (unpaired) electrons. The maximum atomic E-state index is 12.2. The Morgan fingerprint density at radius 2 is 2.08 bits per heavy atom. The van der Waals surface area contributed by atoms with Crippen molar-refractivity contribution in [3.05, 3.63) is 45.5 Å².